The van der Waals surface area contributed by atoms with E-state index in [9.17, 15) is 8.42 Å². The number of hydrogen-bond acceptors (Lipinski definition) is 3. The number of benzene rings is 1. The SMILES string of the molecule is COc1ccc(S(=O)(=O)N2CC(C)CC2C)cc1Br. The number of ether oxygens (including phenoxy) is 1. The number of halogens is 1. The molecule has 106 valence electrons. The van der Waals surface area contributed by atoms with Crippen molar-refractivity contribution in [1.82, 2.24) is 4.31 Å². The Hall–Kier alpha value is -0.590. The van der Waals surface area contributed by atoms with Gasteiger partial charge in [-0.3, -0.25) is 0 Å². The maximum Gasteiger partial charge on any atom is 0.243 e. The zero-order valence-electron chi connectivity index (χ0n) is 11.3. The molecule has 0 N–H and O–H groups in total. The van der Waals surface area contributed by atoms with Crippen LogP contribution in [-0.2, 0) is 10.0 Å². The van der Waals surface area contributed by atoms with Crippen LogP contribution in [0.3, 0.4) is 0 Å². The first-order chi connectivity index (χ1) is 8.86. The summed E-state index contributed by atoms with van der Waals surface area (Å²) < 4.78 is 32.6. The Balaban J connectivity index is 2.37. The summed E-state index contributed by atoms with van der Waals surface area (Å²) in [5.74, 6) is 1.04. The Morgan fingerprint density at radius 2 is 2.05 bits per heavy atom. The Morgan fingerprint density at radius 1 is 1.37 bits per heavy atom. The highest BCUT2D eigenvalue weighted by Crippen LogP contribution is 2.32. The molecule has 0 saturated carbocycles. The minimum atomic E-state index is -3.42. The molecule has 1 aromatic rings. The van der Waals surface area contributed by atoms with E-state index in [1.165, 1.54) is 0 Å². The van der Waals surface area contributed by atoms with Gasteiger partial charge in [0.05, 0.1) is 16.5 Å². The van der Waals surface area contributed by atoms with E-state index < -0.39 is 10.0 Å². The molecular weight excluding hydrogens is 330 g/mol. The highest BCUT2D eigenvalue weighted by molar-refractivity contribution is 9.10. The molecule has 1 heterocycles. The second kappa shape index (κ2) is 5.42. The summed E-state index contributed by atoms with van der Waals surface area (Å²) >= 11 is 3.33. The Bertz CT molecular complexity index is 573. The maximum atomic E-state index is 12.6. The van der Waals surface area contributed by atoms with E-state index in [4.69, 9.17) is 4.74 Å². The fraction of sp³-hybridized carbons (Fsp3) is 0.538. The predicted octanol–water partition coefficient (Wildman–Crippen LogP) is 2.88. The molecule has 4 nitrogen and oxygen atoms in total. The third kappa shape index (κ3) is 2.80. The predicted molar refractivity (Wildman–Crippen MR) is 77.8 cm³/mol. The Kier molecular flexibility index (Phi) is 4.23. The lowest BCUT2D eigenvalue weighted by Gasteiger charge is -2.21. The van der Waals surface area contributed by atoms with Crippen LogP contribution in [0.1, 0.15) is 20.3 Å². The van der Waals surface area contributed by atoms with Gasteiger partial charge < -0.3 is 4.74 Å². The first kappa shape index (κ1) is 14.8. The number of nitrogens with zero attached hydrogens (tertiary/aromatic N) is 1. The van der Waals surface area contributed by atoms with Gasteiger partial charge >= 0.3 is 0 Å². The minimum absolute atomic E-state index is 0.0564. The third-order valence-electron chi connectivity index (χ3n) is 3.46. The van der Waals surface area contributed by atoms with Crippen molar-refractivity contribution in [2.45, 2.75) is 31.2 Å². The monoisotopic (exact) mass is 347 g/mol. The van der Waals surface area contributed by atoms with E-state index in [0.717, 1.165) is 6.42 Å². The average molecular weight is 348 g/mol. The second-order valence-electron chi connectivity index (χ2n) is 5.06. The lowest BCUT2D eigenvalue weighted by atomic mass is 10.1. The average Bonchev–Trinajstić information content (AvgIpc) is 2.69. The molecule has 6 heteroatoms. The van der Waals surface area contributed by atoms with Gasteiger partial charge in [-0.2, -0.15) is 4.31 Å². The summed E-state index contributed by atoms with van der Waals surface area (Å²) in [5, 5.41) is 0. The first-order valence-electron chi connectivity index (χ1n) is 6.21. The quantitative estimate of drug-likeness (QED) is 0.844. The van der Waals surface area contributed by atoms with Gasteiger partial charge in [-0.05, 0) is 53.4 Å². The summed E-state index contributed by atoms with van der Waals surface area (Å²) in [4.78, 5) is 0.307. The highest BCUT2D eigenvalue weighted by Gasteiger charge is 2.36. The summed E-state index contributed by atoms with van der Waals surface area (Å²) in [5.41, 5.74) is 0. The van der Waals surface area contributed by atoms with Gasteiger partial charge in [0.2, 0.25) is 10.0 Å². The molecule has 1 aliphatic heterocycles. The van der Waals surface area contributed by atoms with Crippen LogP contribution in [0.15, 0.2) is 27.6 Å². The molecule has 2 rings (SSSR count). The van der Waals surface area contributed by atoms with Crippen LogP contribution in [0.4, 0.5) is 0 Å². The zero-order chi connectivity index (χ0) is 14.2. The normalized spacial score (nSPS) is 24.6. The van der Waals surface area contributed by atoms with Crippen molar-refractivity contribution in [3.8, 4) is 5.75 Å². The largest absolute Gasteiger partial charge is 0.496 e. The molecule has 1 fully saturated rings. The van der Waals surface area contributed by atoms with Crippen molar-refractivity contribution in [1.29, 1.82) is 0 Å². The fourth-order valence-corrected chi connectivity index (χ4v) is 5.02. The fourth-order valence-electron chi connectivity index (χ4n) is 2.54. The van der Waals surface area contributed by atoms with Crippen molar-refractivity contribution < 1.29 is 13.2 Å². The number of hydrogen-bond donors (Lipinski definition) is 0. The summed E-state index contributed by atoms with van der Waals surface area (Å²) in [7, 11) is -1.87. The molecule has 0 aromatic heterocycles. The van der Waals surface area contributed by atoms with Gasteiger partial charge in [0.25, 0.3) is 0 Å². The van der Waals surface area contributed by atoms with E-state index in [0.29, 0.717) is 27.6 Å². The van der Waals surface area contributed by atoms with E-state index in [2.05, 4.69) is 22.9 Å². The molecule has 0 amide bonds. The number of sulfonamides is 1. The zero-order valence-corrected chi connectivity index (χ0v) is 13.7. The van der Waals surface area contributed by atoms with E-state index in [1.54, 1.807) is 29.6 Å². The van der Waals surface area contributed by atoms with Crippen LogP contribution in [-0.4, -0.2) is 32.4 Å². The van der Waals surface area contributed by atoms with Gasteiger partial charge in [0.1, 0.15) is 5.75 Å². The number of methoxy groups -OCH3 is 1. The first-order valence-corrected chi connectivity index (χ1v) is 8.45. The minimum Gasteiger partial charge on any atom is -0.496 e. The van der Waals surface area contributed by atoms with Crippen molar-refractivity contribution >= 4 is 26.0 Å². The van der Waals surface area contributed by atoms with Crippen LogP contribution in [0, 0.1) is 5.92 Å². The highest BCUT2D eigenvalue weighted by atomic mass is 79.9. The molecule has 2 unspecified atom stereocenters. The lowest BCUT2D eigenvalue weighted by Crippen LogP contribution is -2.34. The van der Waals surface area contributed by atoms with Crippen LogP contribution in [0.5, 0.6) is 5.75 Å². The van der Waals surface area contributed by atoms with E-state index >= 15 is 0 Å². The van der Waals surface area contributed by atoms with Crippen LogP contribution in [0.25, 0.3) is 0 Å². The molecule has 1 aliphatic rings. The summed E-state index contributed by atoms with van der Waals surface area (Å²) in [6.45, 7) is 4.63. The third-order valence-corrected chi connectivity index (χ3v) is 6.05. The molecular formula is C13H18BrNO3S. The molecule has 2 atom stereocenters. The van der Waals surface area contributed by atoms with Crippen molar-refractivity contribution in [3.63, 3.8) is 0 Å². The molecule has 1 saturated heterocycles. The molecule has 0 bridgehead atoms. The Morgan fingerprint density at radius 3 is 2.53 bits per heavy atom. The van der Waals surface area contributed by atoms with Crippen LogP contribution >= 0.6 is 15.9 Å². The lowest BCUT2D eigenvalue weighted by molar-refractivity contribution is 0.404. The van der Waals surface area contributed by atoms with E-state index in [1.807, 2.05) is 6.92 Å². The van der Waals surface area contributed by atoms with Crippen molar-refractivity contribution in [2.75, 3.05) is 13.7 Å². The topological polar surface area (TPSA) is 46.6 Å². The van der Waals surface area contributed by atoms with Gasteiger partial charge in [-0.15, -0.1) is 0 Å². The molecule has 0 aliphatic carbocycles. The van der Waals surface area contributed by atoms with Crippen LogP contribution < -0.4 is 4.74 Å². The van der Waals surface area contributed by atoms with Crippen molar-refractivity contribution in [3.05, 3.63) is 22.7 Å². The Labute approximate surface area is 122 Å². The van der Waals surface area contributed by atoms with E-state index in [-0.39, 0.29) is 6.04 Å². The van der Waals surface area contributed by atoms with Gasteiger partial charge in [-0.25, -0.2) is 8.42 Å². The van der Waals surface area contributed by atoms with Crippen molar-refractivity contribution in [2.24, 2.45) is 5.92 Å². The van der Waals surface area contributed by atoms with Crippen LogP contribution in [0.2, 0.25) is 0 Å². The summed E-state index contributed by atoms with van der Waals surface area (Å²) in [6, 6.07) is 4.92. The van der Waals surface area contributed by atoms with Gasteiger partial charge in [0.15, 0.2) is 0 Å². The second-order valence-corrected chi connectivity index (χ2v) is 7.81. The molecule has 0 spiro atoms. The molecule has 19 heavy (non-hydrogen) atoms. The summed E-state index contributed by atoms with van der Waals surface area (Å²) in [6.07, 6.45) is 0.913. The standard InChI is InChI=1S/C13H18BrNO3S/c1-9-6-10(2)15(8-9)19(16,17)11-4-5-13(18-3)12(14)7-11/h4-5,7,9-10H,6,8H2,1-3H3. The molecule has 1 aromatic carbocycles. The van der Waals surface area contributed by atoms with Gasteiger partial charge in [-0.1, -0.05) is 6.92 Å². The number of rotatable bonds is 3. The smallest absolute Gasteiger partial charge is 0.243 e. The van der Waals surface area contributed by atoms with Gasteiger partial charge in [0, 0.05) is 12.6 Å². The molecule has 0 radical (unpaired) electrons. The maximum absolute atomic E-state index is 12.6.